The Bertz CT molecular complexity index is 1010. The van der Waals surface area contributed by atoms with Crippen molar-refractivity contribution in [2.24, 2.45) is 0 Å². The second-order valence-electron chi connectivity index (χ2n) is 7.96. The lowest BCUT2D eigenvalue weighted by molar-refractivity contribution is 0.0916. The van der Waals surface area contributed by atoms with Crippen molar-refractivity contribution in [3.63, 3.8) is 0 Å². The fraction of sp³-hybridized carbons (Fsp3) is 0.409. The molecule has 0 aliphatic carbocycles. The van der Waals surface area contributed by atoms with Gasteiger partial charge in [-0.05, 0) is 88.6 Å². The second-order valence-corrected chi connectivity index (χ2v) is 9.61. The third-order valence-electron chi connectivity index (χ3n) is 5.43. The number of likely N-dealkylation sites (tertiary alicyclic amines) is 1. The van der Waals surface area contributed by atoms with Gasteiger partial charge in [0.15, 0.2) is 0 Å². The lowest BCUT2D eigenvalue weighted by Crippen LogP contribution is -2.43. The third kappa shape index (κ3) is 5.16. The minimum Gasteiger partial charge on any atom is -0.349 e. The molecule has 1 aliphatic rings. The number of benzene rings is 2. The molecule has 0 atom stereocenters. The number of piperidine rings is 1. The van der Waals surface area contributed by atoms with Crippen LogP contribution in [0.2, 0.25) is 0 Å². The maximum Gasteiger partial charge on any atom is 0.262 e. The number of hydrogen-bond donors (Lipinski definition) is 2. The average molecular weight is 416 g/mol. The van der Waals surface area contributed by atoms with Crippen molar-refractivity contribution < 1.29 is 13.2 Å². The van der Waals surface area contributed by atoms with Gasteiger partial charge in [0.05, 0.1) is 10.6 Å². The summed E-state index contributed by atoms with van der Waals surface area (Å²) in [6.45, 7) is 7.39. The number of carbonyl (C=O) groups is 1. The highest BCUT2D eigenvalue weighted by molar-refractivity contribution is 7.92. The van der Waals surface area contributed by atoms with E-state index in [1.54, 1.807) is 25.1 Å². The number of nitrogens with one attached hydrogen (secondary N) is 2. The summed E-state index contributed by atoms with van der Waals surface area (Å²) in [4.78, 5) is 15.1. The molecule has 0 bridgehead atoms. The summed E-state index contributed by atoms with van der Waals surface area (Å²) in [5, 5.41) is 3.04. The molecule has 6 nitrogen and oxygen atoms in total. The SMILES string of the molecule is Cc1ccc(C)c(NS(=O)(=O)c2cc(C(=O)NC3CCN(C)CC3)ccc2C)c1. The second kappa shape index (κ2) is 8.55. The van der Waals surface area contributed by atoms with Gasteiger partial charge in [-0.2, -0.15) is 0 Å². The van der Waals surface area contributed by atoms with E-state index in [-0.39, 0.29) is 16.8 Å². The first-order valence-corrected chi connectivity index (χ1v) is 11.3. The van der Waals surface area contributed by atoms with Gasteiger partial charge in [0.2, 0.25) is 0 Å². The maximum atomic E-state index is 13.0. The monoisotopic (exact) mass is 415 g/mol. The van der Waals surface area contributed by atoms with Gasteiger partial charge in [-0.25, -0.2) is 8.42 Å². The van der Waals surface area contributed by atoms with Crippen molar-refractivity contribution in [2.75, 3.05) is 24.9 Å². The highest BCUT2D eigenvalue weighted by Crippen LogP contribution is 2.24. The van der Waals surface area contributed by atoms with Crippen molar-refractivity contribution in [1.29, 1.82) is 0 Å². The molecule has 0 aromatic heterocycles. The van der Waals surface area contributed by atoms with Gasteiger partial charge in [-0.15, -0.1) is 0 Å². The molecule has 0 radical (unpaired) electrons. The number of anilines is 1. The van der Waals surface area contributed by atoms with Crippen LogP contribution in [-0.2, 0) is 10.0 Å². The van der Waals surface area contributed by atoms with Crippen molar-refractivity contribution >= 4 is 21.6 Å². The number of carbonyl (C=O) groups excluding carboxylic acids is 1. The first-order chi connectivity index (χ1) is 13.7. The summed E-state index contributed by atoms with van der Waals surface area (Å²) in [5.74, 6) is -0.234. The predicted octanol–water partition coefficient (Wildman–Crippen LogP) is 3.24. The predicted molar refractivity (Wildman–Crippen MR) is 116 cm³/mol. The van der Waals surface area contributed by atoms with Gasteiger partial charge < -0.3 is 10.2 Å². The minimum absolute atomic E-state index is 0.119. The van der Waals surface area contributed by atoms with Crippen LogP contribution < -0.4 is 10.0 Å². The van der Waals surface area contributed by atoms with E-state index in [0.717, 1.165) is 37.1 Å². The Morgan fingerprint density at radius 3 is 2.34 bits per heavy atom. The molecule has 0 spiro atoms. The van der Waals surface area contributed by atoms with Crippen LogP contribution in [0, 0.1) is 20.8 Å². The number of hydrogen-bond acceptors (Lipinski definition) is 4. The highest BCUT2D eigenvalue weighted by atomic mass is 32.2. The summed E-state index contributed by atoms with van der Waals surface area (Å²) in [7, 11) is -1.75. The average Bonchev–Trinajstić information content (AvgIpc) is 2.66. The van der Waals surface area contributed by atoms with E-state index in [1.807, 2.05) is 26.0 Å². The lowest BCUT2D eigenvalue weighted by Gasteiger charge is -2.29. The Morgan fingerprint density at radius 1 is 1.00 bits per heavy atom. The van der Waals surface area contributed by atoms with Crippen LogP contribution in [0.4, 0.5) is 5.69 Å². The van der Waals surface area contributed by atoms with E-state index in [2.05, 4.69) is 22.0 Å². The fourth-order valence-corrected chi connectivity index (χ4v) is 4.89. The van der Waals surface area contributed by atoms with Crippen LogP contribution in [0.5, 0.6) is 0 Å². The van der Waals surface area contributed by atoms with Crippen molar-refractivity contribution in [2.45, 2.75) is 44.6 Å². The standard InChI is InChI=1S/C22H29N3O3S/c1-15-5-6-16(2)20(13-15)24-29(27,28)21-14-18(8-7-17(21)3)22(26)23-19-9-11-25(4)12-10-19/h5-8,13-14,19,24H,9-12H2,1-4H3,(H,23,26). The molecule has 3 rings (SSSR count). The Labute approximate surface area is 173 Å². The van der Waals surface area contributed by atoms with E-state index in [1.165, 1.54) is 6.07 Å². The zero-order valence-corrected chi connectivity index (χ0v) is 18.3. The molecule has 0 unspecified atom stereocenters. The Morgan fingerprint density at radius 2 is 1.66 bits per heavy atom. The van der Waals surface area contributed by atoms with Crippen molar-refractivity contribution in [3.05, 3.63) is 58.7 Å². The lowest BCUT2D eigenvalue weighted by atomic mass is 10.0. The normalized spacial score (nSPS) is 15.9. The van der Waals surface area contributed by atoms with Gasteiger partial charge in [-0.1, -0.05) is 18.2 Å². The zero-order valence-electron chi connectivity index (χ0n) is 17.5. The number of sulfonamides is 1. The summed E-state index contributed by atoms with van der Waals surface area (Å²) in [5.41, 5.74) is 3.31. The molecule has 0 saturated carbocycles. The molecule has 1 fully saturated rings. The van der Waals surface area contributed by atoms with Gasteiger partial charge >= 0.3 is 0 Å². The van der Waals surface area contributed by atoms with Gasteiger partial charge in [0.25, 0.3) is 15.9 Å². The summed E-state index contributed by atoms with van der Waals surface area (Å²) in [6.07, 6.45) is 1.79. The highest BCUT2D eigenvalue weighted by Gasteiger charge is 2.22. The van der Waals surface area contributed by atoms with E-state index in [0.29, 0.717) is 16.8 Å². The number of nitrogens with zero attached hydrogens (tertiary/aromatic N) is 1. The topological polar surface area (TPSA) is 78.5 Å². The molecule has 29 heavy (non-hydrogen) atoms. The molecule has 156 valence electrons. The van der Waals surface area contributed by atoms with E-state index >= 15 is 0 Å². The van der Waals surface area contributed by atoms with E-state index in [4.69, 9.17) is 0 Å². The van der Waals surface area contributed by atoms with Gasteiger partial charge in [0, 0.05) is 11.6 Å². The summed E-state index contributed by atoms with van der Waals surface area (Å²) < 4.78 is 28.7. The molecule has 2 aromatic carbocycles. The van der Waals surface area contributed by atoms with Crippen molar-refractivity contribution in [1.82, 2.24) is 10.2 Å². The molecular weight excluding hydrogens is 386 g/mol. The molecule has 1 aliphatic heterocycles. The van der Waals surface area contributed by atoms with Crippen LogP contribution in [0.1, 0.15) is 39.9 Å². The molecule has 2 aromatic rings. The minimum atomic E-state index is -3.82. The van der Waals surface area contributed by atoms with Gasteiger partial charge in [-0.3, -0.25) is 9.52 Å². The Hall–Kier alpha value is -2.38. The quantitative estimate of drug-likeness (QED) is 0.786. The Balaban J connectivity index is 1.82. The Kier molecular flexibility index (Phi) is 6.29. The van der Waals surface area contributed by atoms with Crippen LogP contribution in [0.25, 0.3) is 0 Å². The van der Waals surface area contributed by atoms with E-state index in [9.17, 15) is 13.2 Å². The molecular formula is C22H29N3O3S. The smallest absolute Gasteiger partial charge is 0.262 e. The van der Waals surface area contributed by atoms with Crippen LogP contribution in [0.15, 0.2) is 41.3 Å². The number of aryl methyl sites for hydroxylation is 3. The molecule has 1 heterocycles. The van der Waals surface area contributed by atoms with Crippen LogP contribution in [0.3, 0.4) is 0 Å². The largest absolute Gasteiger partial charge is 0.349 e. The molecule has 1 amide bonds. The van der Waals surface area contributed by atoms with Crippen LogP contribution in [-0.4, -0.2) is 45.4 Å². The molecule has 2 N–H and O–H groups in total. The fourth-order valence-electron chi connectivity index (χ4n) is 3.50. The van der Waals surface area contributed by atoms with E-state index < -0.39 is 10.0 Å². The van der Waals surface area contributed by atoms with Crippen LogP contribution >= 0.6 is 0 Å². The first-order valence-electron chi connectivity index (χ1n) is 9.86. The number of rotatable bonds is 5. The summed E-state index contributed by atoms with van der Waals surface area (Å²) >= 11 is 0. The first kappa shape index (κ1) is 21.3. The van der Waals surface area contributed by atoms with Gasteiger partial charge in [0.1, 0.15) is 0 Å². The maximum absolute atomic E-state index is 13.0. The zero-order chi connectivity index (χ0) is 21.2. The third-order valence-corrected chi connectivity index (χ3v) is 6.94. The summed E-state index contributed by atoms with van der Waals surface area (Å²) in [6, 6.07) is 10.6. The molecule has 7 heteroatoms. The number of amides is 1. The van der Waals surface area contributed by atoms with Crippen molar-refractivity contribution in [3.8, 4) is 0 Å². The molecule has 1 saturated heterocycles.